The minimum absolute atomic E-state index is 0.0323. The molecule has 0 aliphatic heterocycles. The number of aromatic amines is 1. The van der Waals surface area contributed by atoms with Crippen LogP contribution in [0.4, 0.5) is 24.8 Å². The number of rotatable bonds is 4. The number of imidazole rings is 1. The largest absolute Gasteiger partial charge is 0.393 e. The number of alkyl halides is 3. The van der Waals surface area contributed by atoms with E-state index in [2.05, 4.69) is 15.3 Å². The van der Waals surface area contributed by atoms with Crippen molar-refractivity contribution >= 4 is 22.7 Å². The molecule has 1 heterocycles. The molecule has 3 aromatic rings. The van der Waals surface area contributed by atoms with E-state index >= 15 is 0 Å². The summed E-state index contributed by atoms with van der Waals surface area (Å²) in [5.41, 5.74) is 7.90. The zero-order valence-corrected chi connectivity index (χ0v) is 13.3. The minimum Gasteiger partial charge on any atom is -0.326 e. The summed E-state index contributed by atoms with van der Waals surface area (Å²) >= 11 is 0. The molecule has 2 unspecified atom stereocenters. The Balaban J connectivity index is 1.57. The van der Waals surface area contributed by atoms with Gasteiger partial charge in [0.05, 0.1) is 17.0 Å². The molecule has 1 aromatic heterocycles. The summed E-state index contributed by atoms with van der Waals surface area (Å²) in [5, 5.41) is 3.16. The number of fused-ring (bicyclic) bond motifs is 1. The average Bonchev–Trinajstić information content (AvgIpc) is 3.07. The van der Waals surface area contributed by atoms with Gasteiger partial charge in [0, 0.05) is 11.2 Å². The highest BCUT2D eigenvalue weighted by Crippen LogP contribution is 2.53. The van der Waals surface area contributed by atoms with Gasteiger partial charge in [0.1, 0.15) is 0 Å². The van der Waals surface area contributed by atoms with Crippen molar-refractivity contribution in [2.75, 3.05) is 5.32 Å². The van der Waals surface area contributed by atoms with Crippen molar-refractivity contribution in [3.05, 3.63) is 54.1 Å². The van der Waals surface area contributed by atoms with Gasteiger partial charge in [-0.15, -0.1) is 0 Å². The molecular weight excluding hydrogens is 329 g/mol. The smallest absolute Gasteiger partial charge is 0.326 e. The van der Waals surface area contributed by atoms with Crippen LogP contribution in [0.25, 0.3) is 11.0 Å². The molecule has 2 atom stereocenters. The molecule has 0 spiro atoms. The molecule has 2 aromatic carbocycles. The zero-order valence-electron chi connectivity index (χ0n) is 13.3. The van der Waals surface area contributed by atoms with Crippen LogP contribution in [0.15, 0.2) is 48.5 Å². The quantitative estimate of drug-likeness (QED) is 0.665. The SMILES string of the molecule is NC1(Cc2ccccc2Nc2nc3ccccc3[nH]2)CC1C(F)(F)F. The maximum absolute atomic E-state index is 12.9. The molecule has 0 radical (unpaired) electrons. The third-order valence-electron chi connectivity index (χ3n) is 4.69. The van der Waals surface area contributed by atoms with Crippen molar-refractivity contribution in [1.29, 1.82) is 0 Å². The fourth-order valence-corrected chi connectivity index (χ4v) is 3.25. The predicted molar refractivity (Wildman–Crippen MR) is 90.6 cm³/mol. The average molecular weight is 346 g/mol. The Morgan fingerprint density at radius 3 is 2.60 bits per heavy atom. The summed E-state index contributed by atoms with van der Waals surface area (Å²) in [6.07, 6.45) is -4.11. The number of nitrogens with two attached hydrogens (primary N) is 1. The monoisotopic (exact) mass is 346 g/mol. The first-order valence-electron chi connectivity index (χ1n) is 8.00. The molecular formula is C18H17F3N4. The molecule has 7 heteroatoms. The van der Waals surface area contributed by atoms with Gasteiger partial charge in [-0.25, -0.2) is 4.98 Å². The molecule has 4 nitrogen and oxygen atoms in total. The van der Waals surface area contributed by atoms with E-state index in [1.165, 1.54) is 0 Å². The van der Waals surface area contributed by atoms with Crippen LogP contribution in [0.2, 0.25) is 0 Å². The van der Waals surface area contributed by atoms with Crippen LogP contribution in [0.3, 0.4) is 0 Å². The van der Waals surface area contributed by atoms with E-state index in [-0.39, 0.29) is 12.8 Å². The maximum atomic E-state index is 12.9. The topological polar surface area (TPSA) is 66.7 Å². The maximum Gasteiger partial charge on any atom is 0.393 e. The molecule has 1 fully saturated rings. The summed E-state index contributed by atoms with van der Waals surface area (Å²) in [5.74, 6) is -0.887. The number of hydrogen-bond acceptors (Lipinski definition) is 3. The number of anilines is 2. The van der Waals surface area contributed by atoms with Crippen molar-refractivity contribution in [2.24, 2.45) is 11.7 Å². The van der Waals surface area contributed by atoms with Crippen LogP contribution in [-0.2, 0) is 6.42 Å². The minimum atomic E-state index is -4.24. The third kappa shape index (κ3) is 3.07. The second-order valence-corrected chi connectivity index (χ2v) is 6.59. The number of H-pyrrole nitrogens is 1. The van der Waals surface area contributed by atoms with E-state index in [9.17, 15) is 13.2 Å². The molecule has 0 saturated heterocycles. The first-order valence-corrected chi connectivity index (χ1v) is 8.00. The molecule has 1 saturated carbocycles. The van der Waals surface area contributed by atoms with Gasteiger partial charge < -0.3 is 16.0 Å². The molecule has 25 heavy (non-hydrogen) atoms. The highest BCUT2D eigenvalue weighted by Gasteiger charge is 2.64. The lowest BCUT2D eigenvalue weighted by atomic mass is 10.0. The van der Waals surface area contributed by atoms with Crippen molar-refractivity contribution < 1.29 is 13.2 Å². The van der Waals surface area contributed by atoms with E-state index in [1.807, 2.05) is 36.4 Å². The standard InChI is InChI=1S/C18H17F3N4/c19-18(20,21)15-10-17(15,22)9-11-5-1-2-6-12(11)23-16-24-13-7-3-4-8-14(13)25-16/h1-8,15H,9-10,22H2,(H2,23,24,25). The lowest BCUT2D eigenvalue weighted by Crippen LogP contribution is -2.33. The van der Waals surface area contributed by atoms with Gasteiger partial charge in [0.2, 0.25) is 5.95 Å². The second-order valence-electron chi connectivity index (χ2n) is 6.59. The van der Waals surface area contributed by atoms with Gasteiger partial charge in [0.15, 0.2) is 0 Å². The Morgan fingerprint density at radius 1 is 1.16 bits per heavy atom. The van der Waals surface area contributed by atoms with Crippen LogP contribution >= 0.6 is 0 Å². The van der Waals surface area contributed by atoms with Crippen LogP contribution in [-0.4, -0.2) is 21.7 Å². The molecule has 1 aliphatic carbocycles. The zero-order chi connectivity index (χ0) is 17.7. The molecule has 4 N–H and O–H groups in total. The number of nitrogens with one attached hydrogen (secondary N) is 2. The summed E-state index contributed by atoms with van der Waals surface area (Å²) in [6.45, 7) is 0. The highest BCUT2D eigenvalue weighted by atomic mass is 19.4. The second kappa shape index (κ2) is 5.49. The number of para-hydroxylation sites is 3. The van der Waals surface area contributed by atoms with Crippen LogP contribution in [0, 0.1) is 5.92 Å². The Morgan fingerprint density at radius 2 is 1.88 bits per heavy atom. The number of aromatic nitrogens is 2. The Kier molecular flexibility index (Phi) is 3.50. The van der Waals surface area contributed by atoms with Gasteiger partial charge in [-0.1, -0.05) is 30.3 Å². The summed E-state index contributed by atoms with van der Waals surface area (Å²) in [7, 11) is 0. The Labute approximate surface area is 142 Å². The van der Waals surface area contributed by atoms with Crippen molar-refractivity contribution in [1.82, 2.24) is 9.97 Å². The van der Waals surface area contributed by atoms with Crippen LogP contribution in [0.5, 0.6) is 0 Å². The van der Waals surface area contributed by atoms with Gasteiger partial charge in [-0.05, 0) is 36.6 Å². The molecule has 0 bridgehead atoms. The summed E-state index contributed by atoms with van der Waals surface area (Å²) < 4.78 is 38.7. The van der Waals surface area contributed by atoms with Gasteiger partial charge in [0.25, 0.3) is 0 Å². The third-order valence-corrected chi connectivity index (χ3v) is 4.69. The molecule has 4 rings (SSSR count). The van der Waals surface area contributed by atoms with Gasteiger partial charge in [-0.2, -0.15) is 13.2 Å². The Bertz CT molecular complexity index is 885. The fourth-order valence-electron chi connectivity index (χ4n) is 3.25. The van der Waals surface area contributed by atoms with E-state index < -0.39 is 17.6 Å². The van der Waals surface area contributed by atoms with Crippen molar-refractivity contribution in [3.8, 4) is 0 Å². The normalized spacial score (nSPS) is 23.0. The fraction of sp³-hybridized carbons (Fsp3) is 0.278. The molecule has 0 amide bonds. The van der Waals surface area contributed by atoms with E-state index in [0.717, 1.165) is 16.6 Å². The van der Waals surface area contributed by atoms with E-state index in [4.69, 9.17) is 5.73 Å². The predicted octanol–water partition coefficient (Wildman–Crippen LogP) is 4.13. The number of halogens is 3. The number of benzene rings is 2. The lowest BCUT2D eigenvalue weighted by molar-refractivity contribution is -0.152. The molecule has 130 valence electrons. The lowest BCUT2D eigenvalue weighted by Gasteiger charge is -2.16. The van der Waals surface area contributed by atoms with E-state index in [0.29, 0.717) is 11.6 Å². The van der Waals surface area contributed by atoms with Crippen molar-refractivity contribution in [2.45, 2.75) is 24.6 Å². The summed E-state index contributed by atoms with van der Waals surface area (Å²) in [6, 6.07) is 14.8. The number of nitrogens with zero attached hydrogens (tertiary/aromatic N) is 1. The summed E-state index contributed by atoms with van der Waals surface area (Å²) in [4.78, 5) is 7.59. The highest BCUT2D eigenvalue weighted by molar-refractivity contribution is 5.78. The first kappa shape index (κ1) is 16.0. The first-order chi connectivity index (χ1) is 11.9. The Hall–Kier alpha value is -2.54. The van der Waals surface area contributed by atoms with Crippen LogP contribution < -0.4 is 11.1 Å². The van der Waals surface area contributed by atoms with Crippen LogP contribution in [0.1, 0.15) is 12.0 Å². The van der Waals surface area contributed by atoms with Gasteiger partial charge >= 0.3 is 6.18 Å². The molecule has 1 aliphatic rings. The van der Waals surface area contributed by atoms with E-state index in [1.54, 1.807) is 12.1 Å². The van der Waals surface area contributed by atoms with Crippen molar-refractivity contribution in [3.63, 3.8) is 0 Å². The van der Waals surface area contributed by atoms with Gasteiger partial charge in [-0.3, -0.25) is 0 Å². The number of hydrogen-bond donors (Lipinski definition) is 3.